The fourth-order valence-corrected chi connectivity index (χ4v) is 1.79. The lowest BCUT2D eigenvalue weighted by Crippen LogP contribution is -2.13. The number of aromatic nitrogens is 1. The summed E-state index contributed by atoms with van der Waals surface area (Å²) >= 11 is 3.37. The number of halogens is 1. The van der Waals surface area contributed by atoms with Crippen LogP contribution in [0.2, 0.25) is 0 Å². The van der Waals surface area contributed by atoms with Crippen LogP contribution in [-0.4, -0.2) is 4.98 Å². The van der Waals surface area contributed by atoms with Crippen LogP contribution in [0.3, 0.4) is 0 Å². The Kier molecular flexibility index (Phi) is 3.18. The van der Waals surface area contributed by atoms with Gasteiger partial charge in [0.2, 0.25) is 0 Å². The number of rotatable bonds is 3. The molecule has 0 radical (unpaired) electrons. The van der Waals surface area contributed by atoms with Crippen LogP contribution in [-0.2, 0) is 6.42 Å². The second kappa shape index (κ2) is 4.59. The highest BCUT2D eigenvalue weighted by atomic mass is 79.9. The molecule has 0 bridgehead atoms. The van der Waals surface area contributed by atoms with E-state index >= 15 is 0 Å². The predicted molar refractivity (Wildman–Crippen MR) is 61.3 cm³/mol. The lowest BCUT2D eigenvalue weighted by molar-refractivity contribution is 0.561. The smallest absolute Gasteiger partial charge is 0.0935 e. The molecule has 2 aromatic heterocycles. The first-order valence-corrected chi connectivity index (χ1v) is 5.42. The summed E-state index contributed by atoms with van der Waals surface area (Å²) < 4.78 is 5.94. The highest BCUT2D eigenvalue weighted by Crippen LogP contribution is 2.18. The molecule has 78 valence electrons. The third-order valence-electron chi connectivity index (χ3n) is 2.19. The van der Waals surface area contributed by atoms with Crippen molar-refractivity contribution in [1.29, 1.82) is 0 Å². The summed E-state index contributed by atoms with van der Waals surface area (Å²) in [6.07, 6.45) is 7.66. The van der Waals surface area contributed by atoms with E-state index in [1.165, 1.54) is 0 Å². The van der Waals surface area contributed by atoms with Gasteiger partial charge < -0.3 is 10.2 Å². The van der Waals surface area contributed by atoms with Gasteiger partial charge in [-0.15, -0.1) is 0 Å². The molecule has 0 saturated carbocycles. The summed E-state index contributed by atoms with van der Waals surface area (Å²) in [5.74, 6) is 0. The van der Waals surface area contributed by atoms with E-state index in [4.69, 9.17) is 10.2 Å². The maximum atomic E-state index is 6.05. The Balaban J connectivity index is 2.11. The van der Waals surface area contributed by atoms with Crippen LogP contribution in [0.4, 0.5) is 0 Å². The van der Waals surface area contributed by atoms with Crippen molar-refractivity contribution < 1.29 is 4.42 Å². The lowest BCUT2D eigenvalue weighted by atomic mass is 10.0. The van der Waals surface area contributed by atoms with E-state index < -0.39 is 0 Å². The standard InChI is InChI=1S/C11H11BrN2O/c12-10-4-9(5-14-6-10)11(13)3-8-1-2-15-7-8/h1-2,4-7,11H,3,13H2. The molecule has 0 spiro atoms. The van der Waals surface area contributed by atoms with Crippen LogP contribution in [0, 0.1) is 0 Å². The summed E-state index contributed by atoms with van der Waals surface area (Å²) in [4.78, 5) is 4.08. The molecule has 2 aromatic rings. The van der Waals surface area contributed by atoms with Crippen LogP contribution in [0.5, 0.6) is 0 Å². The van der Waals surface area contributed by atoms with Gasteiger partial charge in [0.25, 0.3) is 0 Å². The molecule has 15 heavy (non-hydrogen) atoms. The van der Waals surface area contributed by atoms with Gasteiger partial charge in [-0.1, -0.05) is 0 Å². The van der Waals surface area contributed by atoms with Crippen molar-refractivity contribution in [2.75, 3.05) is 0 Å². The quantitative estimate of drug-likeness (QED) is 0.930. The van der Waals surface area contributed by atoms with E-state index in [0.717, 1.165) is 22.0 Å². The van der Waals surface area contributed by atoms with Gasteiger partial charge >= 0.3 is 0 Å². The number of hydrogen-bond acceptors (Lipinski definition) is 3. The van der Waals surface area contributed by atoms with Gasteiger partial charge in [-0.3, -0.25) is 4.98 Å². The first-order valence-electron chi connectivity index (χ1n) is 4.63. The molecule has 2 rings (SSSR count). The van der Waals surface area contributed by atoms with E-state index in [-0.39, 0.29) is 6.04 Å². The van der Waals surface area contributed by atoms with E-state index in [9.17, 15) is 0 Å². The number of furan rings is 1. The molecule has 1 unspecified atom stereocenters. The summed E-state index contributed by atoms with van der Waals surface area (Å²) in [7, 11) is 0. The second-order valence-corrected chi connectivity index (χ2v) is 4.29. The fraction of sp³-hybridized carbons (Fsp3) is 0.182. The topological polar surface area (TPSA) is 52.0 Å². The Hall–Kier alpha value is -1.13. The first-order chi connectivity index (χ1) is 7.25. The molecule has 0 aromatic carbocycles. The Bertz CT molecular complexity index is 428. The fourth-order valence-electron chi connectivity index (χ4n) is 1.41. The molecule has 0 aliphatic heterocycles. The van der Waals surface area contributed by atoms with Crippen molar-refractivity contribution in [1.82, 2.24) is 4.98 Å². The van der Waals surface area contributed by atoms with Gasteiger partial charge in [0, 0.05) is 22.9 Å². The van der Waals surface area contributed by atoms with Crippen LogP contribution < -0.4 is 5.73 Å². The molecular formula is C11H11BrN2O. The Labute approximate surface area is 96.4 Å². The summed E-state index contributed by atoms with van der Waals surface area (Å²) in [5, 5.41) is 0. The van der Waals surface area contributed by atoms with Gasteiger partial charge in [0.15, 0.2) is 0 Å². The second-order valence-electron chi connectivity index (χ2n) is 3.38. The summed E-state index contributed by atoms with van der Waals surface area (Å²) in [5.41, 5.74) is 8.17. The number of nitrogens with two attached hydrogens (primary N) is 1. The van der Waals surface area contributed by atoms with Crippen LogP contribution in [0.25, 0.3) is 0 Å². The van der Waals surface area contributed by atoms with Crippen LogP contribution in [0.15, 0.2) is 45.9 Å². The maximum absolute atomic E-state index is 6.05. The number of hydrogen-bond donors (Lipinski definition) is 1. The van der Waals surface area contributed by atoms with Crippen molar-refractivity contribution in [3.8, 4) is 0 Å². The molecule has 0 fully saturated rings. The summed E-state index contributed by atoms with van der Waals surface area (Å²) in [6, 6.07) is 3.86. The van der Waals surface area contributed by atoms with Crippen LogP contribution >= 0.6 is 15.9 Å². The zero-order valence-corrected chi connectivity index (χ0v) is 9.65. The average Bonchev–Trinajstić information content (AvgIpc) is 2.70. The first kappa shape index (κ1) is 10.4. The maximum Gasteiger partial charge on any atom is 0.0935 e. The van der Waals surface area contributed by atoms with Gasteiger partial charge in [0.1, 0.15) is 0 Å². The highest BCUT2D eigenvalue weighted by Gasteiger charge is 2.08. The monoisotopic (exact) mass is 266 g/mol. The van der Waals surface area contributed by atoms with Crippen molar-refractivity contribution in [3.05, 3.63) is 52.7 Å². The average molecular weight is 267 g/mol. The lowest BCUT2D eigenvalue weighted by Gasteiger charge is -2.10. The van der Waals surface area contributed by atoms with E-state index in [1.54, 1.807) is 24.9 Å². The third-order valence-corrected chi connectivity index (χ3v) is 2.62. The minimum Gasteiger partial charge on any atom is -0.472 e. The summed E-state index contributed by atoms with van der Waals surface area (Å²) in [6.45, 7) is 0. The van der Waals surface area contributed by atoms with Crippen LogP contribution in [0.1, 0.15) is 17.2 Å². The molecule has 0 amide bonds. The van der Waals surface area contributed by atoms with E-state index in [0.29, 0.717) is 0 Å². The van der Waals surface area contributed by atoms with Crippen molar-refractivity contribution in [2.24, 2.45) is 5.73 Å². The minimum absolute atomic E-state index is 0.0485. The zero-order valence-electron chi connectivity index (χ0n) is 8.06. The molecule has 0 aliphatic rings. The molecule has 1 atom stereocenters. The molecule has 2 N–H and O–H groups in total. The number of nitrogens with zero attached hydrogens (tertiary/aromatic N) is 1. The Morgan fingerprint density at radius 3 is 3.00 bits per heavy atom. The highest BCUT2D eigenvalue weighted by molar-refractivity contribution is 9.10. The SMILES string of the molecule is NC(Cc1ccoc1)c1cncc(Br)c1. The van der Waals surface area contributed by atoms with Gasteiger partial charge in [-0.2, -0.15) is 0 Å². The Morgan fingerprint density at radius 1 is 1.47 bits per heavy atom. The van der Waals surface area contributed by atoms with E-state index in [2.05, 4.69) is 20.9 Å². The largest absolute Gasteiger partial charge is 0.472 e. The molecule has 0 aliphatic carbocycles. The van der Waals surface area contributed by atoms with Crippen molar-refractivity contribution >= 4 is 15.9 Å². The normalized spacial score (nSPS) is 12.7. The molecule has 4 heteroatoms. The molecule has 3 nitrogen and oxygen atoms in total. The van der Waals surface area contributed by atoms with Crippen molar-refractivity contribution in [2.45, 2.75) is 12.5 Å². The van der Waals surface area contributed by atoms with Gasteiger partial charge in [-0.05, 0) is 45.6 Å². The van der Waals surface area contributed by atoms with Crippen molar-refractivity contribution in [3.63, 3.8) is 0 Å². The van der Waals surface area contributed by atoms with Gasteiger partial charge in [0.05, 0.1) is 12.5 Å². The van der Waals surface area contributed by atoms with E-state index in [1.807, 2.05) is 12.1 Å². The van der Waals surface area contributed by atoms with Gasteiger partial charge in [-0.25, -0.2) is 0 Å². The molecule has 0 saturated heterocycles. The molecule has 2 heterocycles. The third kappa shape index (κ3) is 2.67. The Morgan fingerprint density at radius 2 is 2.33 bits per heavy atom. The zero-order chi connectivity index (χ0) is 10.7. The predicted octanol–water partition coefficient (Wildman–Crippen LogP) is 2.68. The number of pyridine rings is 1. The minimum atomic E-state index is -0.0485. The molecular weight excluding hydrogens is 256 g/mol.